The molecule has 1 aliphatic carbocycles. The number of phenolic OH excluding ortho intramolecular Hbond substituents is 4. The average molecular weight is 615 g/mol. The van der Waals surface area contributed by atoms with Gasteiger partial charge in [0.2, 0.25) is 0 Å². The molecular weight excluding hydrogens is 580 g/mol. The lowest BCUT2D eigenvalue weighted by Crippen LogP contribution is -2.56. The van der Waals surface area contributed by atoms with Gasteiger partial charge >= 0.3 is 0 Å². The maximum Gasteiger partial charge on any atom is 0.282 e. The summed E-state index contributed by atoms with van der Waals surface area (Å²) in [6, 6.07) is 21.1. The molecule has 7 heteroatoms. The minimum Gasteiger partial charge on any atom is -0.508 e. The predicted molar refractivity (Wildman–Crippen MR) is 175 cm³/mol. The van der Waals surface area contributed by atoms with Crippen LogP contribution in [-0.4, -0.2) is 20.4 Å². The highest BCUT2D eigenvalue weighted by atomic mass is 16.7. The van der Waals surface area contributed by atoms with Gasteiger partial charge in [-0.25, -0.2) is 0 Å². The van der Waals surface area contributed by atoms with Crippen LogP contribution < -0.4 is 9.47 Å². The molecule has 4 unspecified atom stereocenters. The van der Waals surface area contributed by atoms with E-state index in [2.05, 4.69) is 19.1 Å². The molecule has 0 saturated heterocycles. The third-order valence-electron chi connectivity index (χ3n) is 9.64. The Labute approximate surface area is 266 Å². The molecule has 0 spiro atoms. The molecule has 7 nitrogen and oxygen atoms in total. The smallest absolute Gasteiger partial charge is 0.282 e. The van der Waals surface area contributed by atoms with Gasteiger partial charge in [0.25, 0.3) is 5.79 Å². The molecular formula is C39H34O7. The molecule has 8 rings (SSSR count). The Hall–Kier alpha value is -5.30. The zero-order valence-electron chi connectivity index (χ0n) is 25.7. The molecule has 0 saturated carbocycles. The highest BCUT2D eigenvalue weighted by Crippen LogP contribution is 2.64. The van der Waals surface area contributed by atoms with E-state index < -0.39 is 5.79 Å². The molecule has 0 amide bonds. The molecule has 5 aromatic rings. The van der Waals surface area contributed by atoms with Crippen molar-refractivity contribution in [3.8, 4) is 45.8 Å². The van der Waals surface area contributed by atoms with E-state index in [1.54, 1.807) is 42.5 Å². The molecule has 232 valence electrons. The van der Waals surface area contributed by atoms with Crippen molar-refractivity contribution in [2.45, 2.75) is 51.2 Å². The van der Waals surface area contributed by atoms with Crippen LogP contribution in [0.15, 0.2) is 101 Å². The standard InChI is InChI=1S/C39H34O7/c1-20(2)4-5-22-14-25(7-11-31(22)42)39-38-29(28-10-9-27(41)19-35(28)45-39)12-21(3)13-30(38)37-32(43)15-24(17-36(37)46-39)33-16-23-6-8-26(40)18-34(23)44-33/h4,6-11,13-19,29-30,38,40-43H,5,12H2,1-3H3. The maximum absolute atomic E-state index is 11.7. The van der Waals surface area contributed by atoms with Crippen LogP contribution in [0.4, 0.5) is 0 Å². The van der Waals surface area contributed by atoms with Crippen molar-refractivity contribution in [3.63, 3.8) is 0 Å². The van der Waals surface area contributed by atoms with E-state index in [9.17, 15) is 20.4 Å². The van der Waals surface area contributed by atoms with E-state index in [-0.39, 0.29) is 40.8 Å². The summed E-state index contributed by atoms with van der Waals surface area (Å²) >= 11 is 0. The summed E-state index contributed by atoms with van der Waals surface area (Å²) in [6.45, 7) is 6.15. The maximum atomic E-state index is 11.7. The van der Waals surface area contributed by atoms with Crippen molar-refractivity contribution in [2.75, 3.05) is 0 Å². The quantitative estimate of drug-likeness (QED) is 0.150. The van der Waals surface area contributed by atoms with E-state index in [0.29, 0.717) is 40.4 Å². The normalized spacial score (nSPS) is 22.5. The van der Waals surface area contributed by atoms with Crippen LogP contribution >= 0.6 is 0 Å². The third-order valence-corrected chi connectivity index (χ3v) is 9.64. The Kier molecular flexibility index (Phi) is 6.19. The van der Waals surface area contributed by atoms with Crippen molar-refractivity contribution in [2.24, 2.45) is 5.92 Å². The lowest BCUT2D eigenvalue weighted by atomic mass is 9.61. The van der Waals surface area contributed by atoms with Crippen LogP contribution in [0.25, 0.3) is 22.3 Å². The van der Waals surface area contributed by atoms with Gasteiger partial charge in [0.05, 0.1) is 5.92 Å². The number of rotatable bonds is 4. The number of ether oxygens (including phenoxy) is 2. The number of hydrogen-bond donors (Lipinski definition) is 4. The predicted octanol–water partition coefficient (Wildman–Crippen LogP) is 8.90. The molecule has 1 aromatic heterocycles. The number of aromatic hydroxyl groups is 4. The topological polar surface area (TPSA) is 113 Å². The number of phenols is 4. The zero-order valence-corrected chi connectivity index (χ0v) is 25.7. The van der Waals surface area contributed by atoms with E-state index >= 15 is 0 Å². The first-order valence-corrected chi connectivity index (χ1v) is 15.5. The van der Waals surface area contributed by atoms with Gasteiger partial charge in [-0.1, -0.05) is 29.4 Å². The van der Waals surface area contributed by atoms with E-state index in [4.69, 9.17) is 13.9 Å². The lowest BCUT2D eigenvalue weighted by molar-refractivity contribution is -0.197. The minimum atomic E-state index is -1.35. The monoisotopic (exact) mass is 614 g/mol. The molecule has 0 radical (unpaired) electrons. The molecule has 4 N–H and O–H groups in total. The Morgan fingerprint density at radius 2 is 1.63 bits per heavy atom. The first kappa shape index (κ1) is 28.2. The van der Waals surface area contributed by atoms with Gasteiger partial charge in [-0.3, -0.25) is 0 Å². The van der Waals surface area contributed by atoms with Gasteiger partial charge in [0.1, 0.15) is 45.8 Å². The summed E-state index contributed by atoms with van der Waals surface area (Å²) in [7, 11) is 0. The summed E-state index contributed by atoms with van der Waals surface area (Å²) in [5, 5.41) is 43.9. The van der Waals surface area contributed by atoms with Crippen LogP contribution in [0.3, 0.4) is 0 Å². The number of fused-ring (bicyclic) bond motifs is 5. The van der Waals surface area contributed by atoms with Crippen molar-refractivity contribution in [1.82, 2.24) is 0 Å². The van der Waals surface area contributed by atoms with Gasteiger partial charge < -0.3 is 34.3 Å². The minimum absolute atomic E-state index is 0.0373. The highest BCUT2D eigenvalue weighted by Gasteiger charge is 2.61. The first-order chi connectivity index (χ1) is 22.1. The Balaban J connectivity index is 1.36. The van der Waals surface area contributed by atoms with Gasteiger partial charge in [-0.2, -0.15) is 0 Å². The lowest BCUT2D eigenvalue weighted by Gasteiger charge is -2.55. The van der Waals surface area contributed by atoms with Crippen molar-refractivity contribution >= 4 is 11.0 Å². The number of hydrogen-bond acceptors (Lipinski definition) is 7. The van der Waals surface area contributed by atoms with E-state index in [1.807, 2.05) is 44.2 Å². The summed E-state index contributed by atoms with van der Waals surface area (Å²) in [5.41, 5.74) is 6.59. The molecule has 0 fully saturated rings. The molecule has 46 heavy (non-hydrogen) atoms. The van der Waals surface area contributed by atoms with E-state index in [1.165, 1.54) is 5.57 Å². The summed E-state index contributed by atoms with van der Waals surface area (Å²) in [4.78, 5) is 0. The highest BCUT2D eigenvalue weighted by molar-refractivity contribution is 5.84. The van der Waals surface area contributed by atoms with Crippen LogP contribution in [0.2, 0.25) is 0 Å². The number of allylic oxidation sites excluding steroid dienone is 4. The van der Waals surface area contributed by atoms with Crippen LogP contribution in [-0.2, 0) is 12.2 Å². The molecule has 0 bridgehead atoms. The zero-order chi connectivity index (χ0) is 31.9. The van der Waals surface area contributed by atoms with Crippen molar-refractivity contribution < 1.29 is 34.3 Å². The summed E-state index contributed by atoms with van der Waals surface area (Å²) in [5.74, 6) is 0.0504. The fourth-order valence-electron chi connectivity index (χ4n) is 7.60. The Morgan fingerprint density at radius 3 is 2.46 bits per heavy atom. The second-order valence-electron chi connectivity index (χ2n) is 13.0. The van der Waals surface area contributed by atoms with E-state index in [0.717, 1.165) is 34.1 Å². The van der Waals surface area contributed by atoms with Gasteiger partial charge in [0, 0.05) is 46.0 Å². The molecule has 3 aliphatic rings. The van der Waals surface area contributed by atoms with Gasteiger partial charge in [-0.05, 0) is 99.3 Å². The SMILES string of the molecule is CC(C)=CCc1cc(C23Oc4cc(O)ccc4C4CC(C)=CC(c5c(O)cc(-c6cc7ccc(O)cc7o6)cc5O2)C43)ccc1O. The molecule has 3 heterocycles. The average Bonchev–Trinajstić information content (AvgIpc) is 3.43. The first-order valence-electron chi connectivity index (χ1n) is 15.5. The summed E-state index contributed by atoms with van der Waals surface area (Å²) in [6.07, 6.45) is 5.57. The molecule has 2 aliphatic heterocycles. The van der Waals surface area contributed by atoms with Crippen molar-refractivity contribution in [3.05, 3.63) is 118 Å². The number of furan rings is 1. The van der Waals surface area contributed by atoms with Crippen LogP contribution in [0.1, 0.15) is 61.3 Å². The van der Waals surface area contributed by atoms with Crippen LogP contribution in [0, 0.1) is 5.92 Å². The van der Waals surface area contributed by atoms with Crippen molar-refractivity contribution in [1.29, 1.82) is 0 Å². The fraction of sp³-hybridized carbons (Fsp3) is 0.231. The Morgan fingerprint density at radius 1 is 0.848 bits per heavy atom. The number of benzene rings is 4. The van der Waals surface area contributed by atoms with Gasteiger partial charge in [0.15, 0.2) is 0 Å². The molecule has 4 atom stereocenters. The van der Waals surface area contributed by atoms with Gasteiger partial charge in [-0.15, -0.1) is 0 Å². The summed E-state index contributed by atoms with van der Waals surface area (Å²) < 4.78 is 20.1. The second kappa shape index (κ2) is 10.1. The Bertz CT molecular complexity index is 2110. The largest absolute Gasteiger partial charge is 0.508 e. The third kappa shape index (κ3) is 4.33. The molecule has 4 aromatic carbocycles. The van der Waals surface area contributed by atoms with Crippen LogP contribution in [0.5, 0.6) is 34.5 Å². The fourth-order valence-corrected chi connectivity index (χ4v) is 7.60. The second-order valence-corrected chi connectivity index (χ2v) is 13.0.